The molecule has 0 aromatic heterocycles. The third-order valence-electron chi connectivity index (χ3n) is 0.134. The second-order valence-electron chi connectivity index (χ2n) is 0.389. The Morgan fingerprint density at radius 2 is 1.88 bits per heavy atom. The summed E-state index contributed by atoms with van der Waals surface area (Å²) in [7, 11) is 0. The van der Waals surface area contributed by atoms with Crippen LogP contribution in [0.15, 0.2) is 15.6 Å². The van der Waals surface area contributed by atoms with Gasteiger partial charge in [-0.1, -0.05) is 14.9 Å². The van der Waals surface area contributed by atoms with Crippen molar-refractivity contribution in [2.75, 3.05) is 0 Å². The fourth-order valence-corrected chi connectivity index (χ4v) is 0.0424. The van der Waals surface area contributed by atoms with E-state index >= 15 is 0 Å². The Kier molecular flexibility index (Phi) is 34.4. The minimum Gasteiger partial charge on any atom is -0.183 e. The molecule has 8 heavy (non-hydrogen) atoms. The van der Waals surface area contributed by atoms with Crippen LogP contribution >= 0.6 is 0 Å². The number of nitriles is 1. The molecule has 0 radical (unpaired) electrons. The van der Waals surface area contributed by atoms with Gasteiger partial charge in [-0.25, -0.2) is 0 Å². The van der Waals surface area contributed by atoms with E-state index in [1.54, 1.807) is 0 Å². The molecule has 0 spiro atoms. The molecule has 0 heterocycles. The molecule has 0 bridgehead atoms. The zero-order valence-electron chi connectivity index (χ0n) is 2.79. The zero-order valence-corrected chi connectivity index (χ0v) is 2.79. The number of hydrogen-bond donors (Lipinski definition) is 1. The third-order valence-corrected chi connectivity index (χ3v) is 0.134. The van der Waals surface area contributed by atoms with Crippen molar-refractivity contribution in [3.8, 4) is 6.19 Å². The fraction of sp³-hybridized carbons (Fsp3) is 0.667. The van der Waals surface area contributed by atoms with Crippen molar-refractivity contribution in [1.82, 2.24) is 0 Å². The van der Waals surface area contributed by atoms with E-state index < -0.39 is 0 Å². The Morgan fingerprint density at radius 1 is 1.38 bits per heavy atom. The van der Waals surface area contributed by atoms with Gasteiger partial charge in [-0.3, -0.25) is 0 Å². The summed E-state index contributed by atoms with van der Waals surface area (Å²) in [5, 5.41) is 15.3. The van der Waals surface area contributed by atoms with E-state index in [1.165, 1.54) is 6.19 Å². The highest BCUT2D eigenvalue weighted by Gasteiger charge is 1.53. The molecule has 46 valence electrons. The highest BCUT2D eigenvalue weighted by atomic mass is 15.4. The molecule has 5 nitrogen and oxygen atoms in total. The molecule has 0 aliphatic carbocycles. The summed E-state index contributed by atoms with van der Waals surface area (Å²) < 4.78 is 0. The van der Waals surface area contributed by atoms with Crippen LogP contribution in [0.3, 0.4) is 0 Å². The SMILES string of the molecule is C.C.N#CN=NN=N. The van der Waals surface area contributed by atoms with Crippen LogP contribution < -0.4 is 0 Å². The quantitative estimate of drug-likeness (QED) is 0.317. The van der Waals surface area contributed by atoms with Gasteiger partial charge in [-0.15, -0.1) is 0 Å². The third kappa shape index (κ3) is 22.4. The Morgan fingerprint density at radius 3 is 2.00 bits per heavy atom. The van der Waals surface area contributed by atoms with Gasteiger partial charge in [0.25, 0.3) is 0 Å². The smallest absolute Gasteiger partial charge is 0.183 e. The lowest BCUT2D eigenvalue weighted by atomic mass is 11.5. The van der Waals surface area contributed by atoms with E-state index in [9.17, 15) is 0 Å². The topological polar surface area (TPSA) is 84.7 Å². The van der Waals surface area contributed by atoms with Crippen LogP contribution in [0.1, 0.15) is 14.9 Å². The molecule has 0 atom stereocenters. The first-order chi connectivity index (χ1) is 2.91. The second kappa shape index (κ2) is 17.3. The first-order valence-electron chi connectivity index (χ1n) is 1.07. The Balaban J connectivity index is -0.000000125. The van der Waals surface area contributed by atoms with Crippen LogP contribution in [0, 0.1) is 17.0 Å². The Labute approximate surface area is 48.5 Å². The van der Waals surface area contributed by atoms with Crippen LogP contribution in [0.4, 0.5) is 0 Å². The van der Waals surface area contributed by atoms with Gasteiger partial charge in [0, 0.05) is 0 Å². The minimum atomic E-state index is 0. The molecule has 5 heteroatoms. The van der Waals surface area contributed by atoms with E-state index in [0.29, 0.717) is 0 Å². The van der Waals surface area contributed by atoms with Gasteiger partial charge in [0.15, 0.2) is 0 Å². The predicted octanol–water partition coefficient (Wildman–Crippen LogP) is 2.14. The maximum Gasteiger partial charge on any atom is 0.227 e. The van der Waals surface area contributed by atoms with Gasteiger partial charge in [0.1, 0.15) is 0 Å². The summed E-state index contributed by atoms with van der Waals surface area (Å²) in [5.41, 5.74) is 5.92. The van der Waals surface area contributed by atoms with Crippen molar-refractivity contribution in [3.63, 3.8) is 0 Å². The summed E-state index contributed by atoms with van der Waals surface area (Å²) in [6.07, 6.45) is 1.31. The fourth-order valence-electron chi connectivity index (χ4n) is 0.0424. The van der Waals surface area contributed by atoms with Crippen molar-refractivity contribution >= 4 is 0 Å². The lowest BCUT2D eigenvalue weighted by Gasteiger charge is -1.52. The number of nitrogens with one attached hydrogen (secondary N) is 1. The van der Waals surface area contributed by atoms with E-state index in [1.807, 2.05) is 0 Å². The maximum absolute atomic E-state index is 7.54. The van der Waals surface area contributed by atoms with Crippen LogP contribution in [0.2, 0.25) is 0 Å². The van der Waals surface area contributed by atoms with Crippen molar-refractivity contribution in [3.05, 3.63) is 0 Å². The Hall–Kier alpha value is -1.31. The largest absolute Gasteiger partial charge is 0.227 e. The van der Waals surface area contributed by atoms with Gasteiger partial charge in [-0.2, -0.15) is 10.8 Å². The molecule has 1 N–H and O–H groups in total. The highest BCUT2D eigenvalue weighted by molar-refractivity contribution is 4.56. The average molecular weight is 115 g/mol. The van der Waals surface area contributed by atoms with Gasteiger partial charge >= 0.3 is 0 Å². The molecule has 0 aliphatic heterocycles. The minimum absolute atomic E-state index is 0. The number of nitrogens with zero attached hydrogens (tertiary/aromatic N) is 4. The Bertz CT molecular complexity index is 98.7. The normalized spacial score (nSPS) is 5.88. The van der Waals surface area contributed by atoms with Crippen LogP contribution in [0.5, 0.6) is 0 Å². The molecule has 0 fully saturated rings. The molecule has 0 unspecified atom stereocenters. The molecule has 0 saturated carbocycles. The molecule has 0 rings (SSSR count). The first-order valence-corrected chi connectivity index (χ1v) is 1.07. The van der Waals surface area contributed by atoms with Crippen molar-refractivity contribution in [2.24, 2.45) is 15.6 Å². The van der Waals surface area contributed by atoms with Gasteiger partial charge in [0.05, 0.1) is 0 Å². The van der Waals surface area contributed by atoms with E-state index in [4.69, 9.17) is 10.8 Å². The molecule has 0 saturated heterocycles. The lowest BCUT2D eigenvalue weighted by Crippen LogP contribution is -1.37. The van der Waals surface area contributed by atoms with Crippen molar-refractivity contribution < 1.29 is 0 Å². The van der Waals surface area contributed by atoms with Crippen LogP contribution in [0.25, 0.3) is 0 Å². The van der Waals surface area contributed by atoms with Gasteiger partial charge in [-0.05, 0) is 15.6 Å². The summed E-state index contributed by atoms with van der Waals surface area (Å²) >= 11 is 0. The average Bonchev–Trinajstić information content (AvgIpc) is 1.61. The van der Waals surface area contributed by atoms with Crippen LogP contribution in [-0.2, 0) is 0 Å². The monoisotopic (exact) mass is 115 g/mol. The standard InChI is InChI=1S/CHN5.2CH4/c2-1-4-6-5-3;;/h3H;2*1H4. The van der Waals surface area contributed by atoms with Crippen molar-refractivity contribution in [1.29, 1.82) is 10.8 Å². The number of rotatable bonds is 1. The summed E-state index contributed by atoms with van der Waals surface area (Å²) in [6, 6.07) is 0. The first kappa shape index (κ1) is 15.9. The maximum atomic E-state index is 7.54. The summed E-state index contributed by atoms with van der Waals surface area (Å²) in [4.78, 5) is 0. The predicted molar refractivity (Wildman–Crippen MR) is 29.1 cm³/mol. The van der Waals surface area contributed by atoms with E-state index in [-0.39, 0.29) is 14.9 Å². The zero-order chi connectivity index (χ0) is 4.83. The van der Waals surface area contributed by atoms with E-state index in [0.717, 1.165) is 0 Å². The second-order valence-corrected chi connectivity index (χ2v) is 0.389. The summed E-state index contributed by atoms with van der Waals surface area (Å²) in [6.45, 7) is 0. The van der Waals surface area contributed by atoms with Crippen LogP contribution in [-0.4, -0.2) is 0 Å². The van der Waals surface area contributed by atoms with Crippen molar-refractivity contribution in [2.45, 2.75) is 14.9 Å². The molecular formula is C3H9N5. The molecule has 0 aromatic rings. The summed E-state index contributed by atoms with van der Waals surface area (Å²) in [5.74, 6) is 0. The number of hydrogen-bond acceptors (Lipinski definition) is 3. The molecule has 0 aromatic carbocycles. The molecule has 0 amide bonds. The molecule has 0 aliphatic rings. The van der Waals surface area contributed by atoms with E-state index in [2.05, 4.69) is 15.6 Å². The highest BCUT2D eigenvalue weighted by Crippen LogP contribution is 1.67. The van der Waals surface area contributed by atoms with Gasteiger partial charge < -0.3 is 0 Å². The molecular weight excluding hydrogens is 106 g/mol. The lowest BCUT2D eigenvalue weighted by molar-refractivity contribution is 0.910. The van der Waals surface area contributed by atoms with Gasteiger partial charge in [0.2, 0.25) is 6.19 Å².